The molecule has 1 saturated heterocycles. The van der Waals surface area contributed by atoms with E-state index < -0.39 is 0 Å². The summed E-state index contributed by atoms with van der Waals surface area (Å²) in [4.78, 5) is 12.7. The number of rotatable bonds is 7. The van der Waals surface area contributed by atoms with Crippen molar-refractivity contribution in [3.8, 4) is 5.75 Å². The quantitative estimate of drug-likeness (QED) is 0.676. The number of aromatic nitrogens is 2. The van der Waals surface area contributed by atoms with Crippen molar-refractivity contribution < 1.29 is 18.7 Å². The Morgan fingerprint density at radius 2 is 2.25 bits per heavy atom. The Morgan fingerprint density at radius 3 is 3.04 bits per heavy atom. The van der Waals surface area contributed by atoms with Crippen molar-refractivity contribution in [3.05, 3.63) is 65.7 Å². The number of aryl methyl sites for hydroxylation is 1. The molecule has 0 unspecified atom stereocenters. The molecule has 0 spiro atoms. The van der Waals surface area contributed by atoms with Crippen LogP contribution in [0.25, 0.3) is 0 Å². The molecule has 4 rings (SSSR count). The second-order valence-corrected chi connectivity index (χ2v) is 6.81. The first-order valence-corrected chi connectivity index (χ1v) is 9.40. The lowest BCUT2D eigenvalue weighted by atomic mass is 10.2. The van der Waals surface area contributed by atoms with Crippen LogP contribution >= 0.6 is 0 Å². The molecule has 7 nitrogen and oxygen atoms in total. The van der Waals surface area contributed by atoms with Crippen molar-refractivity contribution in [2.75, 3.05) is 18.5 Å². The Balaban J connectivity index is 1.40. The minimum Gasteiger partial charge on any atom is -0.491 e. The third-order valence-corrected chi connectivity index (χ3v) is 4.62. The highest BCUT2D eigenvalue weighted by Gasteiger charge is 2.17. The summed E-state index contributed by atoms with van der Waals surface area (Å²) in [5.74, 6) is 2.65. The van der Waals surface area contributed by atoms with Crippen LogP contribution in [-0.4, -0.2) is 35.0 Å². The van der Waals surface area contributed by atoms with Crippen LogP contribution in [0.2, 0.25) is 0 Å². The van der Waals surface area contributed by atoms with Gasteiger partial charge in [-0.15, -0.1) is 0 Å². The third-order valence-electron chi connectivity index (χ3n) is 4.62. The zero-order valence-electron chi connectivity index (χ0n) is 15.8. The molecule has 1 aliphatic rings. The molecule has 1 fully saturated rings. The average molecular weight is 381 g/mol. The van der Waals surface area contributed by atoms with Crippen LogP contribution in [0.1, 0.15) is 34.7 Å². The predicted molar refractivity (Wildman–Crippen MR) is 104 cm³/mol. The molecule has 1 aromatic carbocycles. The number of amides is 1. The number of hydrogen-bond donors (Lipinski definition) is 1. The highest BCUT2D eigenvalue weighted by atomic mass is 16.5. The van der Waals surface area contributed by atoms with Gasteiger partial charge in [-0.25, -0.2) is 4.68 Å². The van der Waals surface area contributed by atoms with Crippen molar-refractivity contribution in [1.29, 1.82) is 0 Å². The molecule has 0 saturated carbocycles. The molecule has 1 aliphatic heterocycles. The summed E-state index contributed by atoms with van der Waals surface area (Å²) in [6.07, 6.45) is 3.87. The molecule has 3 heterocycles. The van der Waals surface area contributed by atoms with E-state index in [2.05, 4.69) is 10.4 Å². The summed E-state index contributed by atoms with van der Waals surface area (Å²) in [6, 6.07) is 12.7. The molecule has 1 N–H and O–H groups in total. The molecule has 0 aliphatic carbocycles. The van der Waals surface area contributed by atoms with Gasteiger partial charge in [0.05, 0.1) is 12.3 Å². The second-order valence-electron chi connectivity index (χ2n) is 6.81. The van der Waals surface area contributed by atoms with Crippen molar-refractivity contribution in [1.82, 2.24) is 9.78 Å². The fourth-order valence-electron chi connectivity index (χ4n) is 3.16. The predicted octanol–water partition coefficient (Wildman–Crippen LogP) is 3.64. The van der Waals surface area contributed by atoms with Crippen molar-refractivity contribution >= 4 is 11.7 Å². The van der Waals surface area contributed by atoms with Crippen LogP contribution in [0.15, 0.2) is 53.1 Å². The van der Waals surface area contributed by atoms with Gasteiger partial charge >= 0.3 is 0 Å². The number of anilines is 1. The minimum atomic E-state index is -0.222. The summed E-state index contributed by atoms with van der Waals surface area (Å²) >= 11 is 0. The van der Waals surface area contributed by atoms with Gasteiger partial charge in [0.2, 0.25) is 0 Å². The largest absolute Gasteiger partial charge is 0.491 e. The zero-order chi connectivity index (χ0) is 19.3. The lowest BCUT2D eigenvalue weighted by Gasteiger charge is -2.12. The Morgan fingerprint density at radius 1 is 1.32 bits per heavy atom. The normalized spacial score (nSPS) is 16.2. The highest BCUT2D eigenvalue weighted by Crippen LogP contribution is 2.19. The smallest absolute Gasteiger partial charge is 0.256 e. The van der Waals surface area contributed by atoms with Crippen molar-refractivity contribution in [3.63, 3.8) is 0 Å². The van der Waals surface area contributed by atoms with Gasteiger partial charge in [0.1, 0.15) is 36.2 Å². The van der Waals surface area contributed by atoms with E-state index in [4.69, 9.17) is 13.9 Å². The van der Waals surface area contributed by atoms with Gasteiger partial charge in [0, 0.05) is 18.2 Å². The van der Waals surface area contributed by atoms with Crippen LogP contribution in [-0.2, 0) is 11.3 Å². The van der Waals surface area contributed by atoms with Gasteiger partial charge in [0.25, 0.3) is 5.91 Å². The van der Waals surface area contributed by atoms with Gasteiger partial charge in [-0.2, -0.15) is 5.10 Å². The monoisotopic (exact) mass is 381 g/mol. The molecule has 28 heavy (non-hydrogen) atoms. The lowest BCUT2D eigenvalue weighted by molar-refractivity contribution is 0.0679. The zero-order valence-corrected chi connectivity index (χ0v) is 15.8. The summed E-state index contributed by atoms with van der Waals surface area (Å²) < 4.78 is 18.6. The van der Waals surface area contributed by atoms with Gasteiger partial charge in [-0.3, -0.25) is 4.79 Å². The number of furan rings is 1. The van der Waals surface area contributed by atoms with E-state index in [-0.39, 0.29) is 12.0 Å². The van der Waals surface area contributed by atoms with E-state index in [0.717, 1.165) is 31.0 Å². The number of nitrogens with one attached hydrogen (secondary N) is 1. The molecular weight excluding hydrogens is 358 g/mol. The number of ether oxygens (including phenoxy) is 2. The number of benzene rings is 1. The molecule has 1 amide bonds. The van der Waals surface area contributed by atoms with Gasteiger partial charge in [-0.1, -0.05) is 6.07 Å². The van der Waals surface area contributed by atoms with Crippen LogP contribution < -0.4 is 10.1 Å². The van der Waals surface area contributed by atoms with Gasteiger partial charge < -0.3 is 19.2 Å². The Bertz CT molecular complexity index is 941. The summed E-state index contributed by atoms with van der Waals surface area (Å²) in [5, 5.41) is 7.16. The Labute approximate surface area is 163 Å². The van der Waals surface area contributed by atoms with Crippen molar-refractivity contribution in [2.45, 2.75) is 32.4 Å². The summed E-state index contributed by atoms with van der Waals surface area (Å²) in [6.45, 7) is 3.63. The number of hydrogen-bond acceptors (Lipinski definition) is 5. The fraction of sp³-hybridized carbons (Fsp3) is 0.333. The van der Waals surface area contributed by atoms with E-state index in [9.17, 15) is 4.79 Å². The maximum atomic E-state index is 12.7. The SMILES string of the molecule is Cc1ccc(Cn2nccc2NC(=O)c2cccc(OC[C@H]3CCCO3)c2)o1. The first-order valence-electron chi connectivity index (χ1n) is 9.40. The first-order chi connectivity index (χ1) is 13.7. The minimum absolute atomic E-state index is 0.136. The van der Waals surface area contributed by atoms with Crippen LogP contribution in [0.3, 0.4) is 0 Å². The summed E-state index contributed by atoms with van der Waals surface area (Å²) in [7, 11) is 0. The molecule has 3 aromatic rings. The molecular formula is C21H23N3O4. The molecule has 0 bridgehead atoms. The van der Waals surface area contributed by atoms with E-state index >= 15 is 0 Å². The van der Waals surface area contributed by atoms with E-state index in [0.29, 0.717) is 30.3 Å². The first kappa shape index (κ1) is 18.3. The van der Waals surface area contributed by atoms with E-state index in [1.807, 2.05) is 31.2 Å². The molecule has 7 heteroatoms. The number of nitrogens with zero attached hydrogens (tertiary/aromatic N) is 2. The molecule has 146 valence electrons. The molecule has 1 atom stereocenters. The number of carbonyl (C=O) groups is 1. The van der Waals surface area contributed by atoms with E-state index in [1.165, 1.54) is 0 Å². The van der Waals surface area contributed by atoms with Crippen molar-refractivity contribution in [2.24, 2.45) is 0 Å². The number of carbonyl (C=O) groups excluding carboxylic acids is 1. The lowest BCUT2D eigenvalue weighted by Crippen LogP contribution is -2.17. The Kier molecular flexibility index (Phi) is 5.43. The topological polar surface area (TPSA) is 78.5 Å². The molecule has 2 aromatic heterocycles. The van der Waals surface area contributed by atoms with Crippen LogP contribution in [0.4, 0.5) is 5.82 Å². The van der Waals surface area contributed by atoms with Crippen LogP contribution in [0.5, 0.6) is 5.75 Å². The molecule has 0 radical (unpaired) electrons. The van der Waals surface area contributed by atoms with Gasteiger partial charge in [0.15, 0.2) is 0 Å². The Hall–Kier alpha value is -3.06. The second kappa shape index (κ2) is 8.31. The standard InChI is InChI=1S/C21H23N3O4/c1-15-7-8-18(28-15)13-24-20(9-10-22-24)23-21(25)16-4-2-5-17(12-16)27-14-19-6-3-11-26-19/h2,4-5,7-10,12,19H,3,6,11,13-14H2,1H3,(H,23,25)/t19-/m1/s1. The van der Waals surface area contributed by atoms with Gasteiger partial charge in [-0.05, 0) is 50.1 Å². The highest BCUT2D eigenvalue weighted by molar-refractivity contribution is 6.04. The maximum Gasteiger partial charge on any atom is 0.256 e. The maximum absolute atomic E-state index is 12.7. The third kappa shape index (κ3) is 4.43. The van der Waals surface area contributed by atoms with Crippen LogP contribution in [0, 0.1) is 6.92 Å². The van der Waals surface area contributed by atoms with E-state index in [1.54, 1.807) is 29.1 Å². The average Bonchev–Trinajstić information content (AvgIpc) is 3.44. The summed E-state index contributed by atoms with van der Waals surface area (Å²) in [5.41, 5.74) is 0.520. The fourth-order valence-corrected chi connectivity index (χ4v) is 3.16.